The van der Waals surface area contributed by atoms with Crippen LogP contribution in [0.15, 0.2) is 53.9 Å². The molecule has 1 aromatic carbocycles. The molecule has 0 saturated heterocycles. The van der Waals surface area contributed by atoms with Gasteiger partial charge in [0.25, 0.3) is 0 Å². The highest BCUT2D eigenvalue weighted by atomic mass is 35.5. The Morgan fingerprint density at radius 1 is 1.12 bits per heavy atom. The summed E-state index contributed by atoms with van der Waals surface area (Å²) < 4.78 is 0. The first-order valence-corrected chi connectivity index (χ1v) is 5.60. The summed E-state index contributed by atoms with van der Waals surface area (Å²) in [5.74, 6) is 0. The van der Waals surface area contributed by atoms with E-state index in [0.717, 1.165) is 17.0 Å². The Bertz CT molecular complexity index is 506. The molecule has 0 atom stereocenters. The van der Waals surface area contributed by atoms with Gasteiger partial charge in [-0.15, -0.1) is 0 Å². The maximum Gasteiger partial charge on any atom is 0.0649 e. The van der Waals surface area contributed by atoms with Gasteiger partial charge < -0.3 is 0 Å². The van der Waals surface area contributed by atoms with E-state index in [-0.39, 0.29) is 0 Å². The first kappa shape index (κ1) is 11.6. The van der Waals surface area contributed by atoms with E-state index in [0.29, 0.717) is 5.02 Å². The predicted molar refractivity (Wildman–Crippen MR) is 71.5 cm³/mol. The zero-order chi connectivity index (χ0) is 12.1. The van der Waals surface area contributed by atoms with Crippen molar-refractivity contribution in [3.63, 3.8) is 0 Å². The third kappa shape index (κ3) is 3.29. The number of anilines is 1. The lowest BCUT2D eigenvalue weighted by molar-refractivity contribution is 1.29. The lowest BCUT2D eigenvalue weighted by Gasteiger charge is -2.03. The smallest absolute Gasteiger partial charge is 0.0649 e. The van der Waals surface area contributed by atoms with E-state index in [1.807, 2.05) is 43.3 Å². The molecule has 0 unspecified atom stereocenters. The molecule has 17 heavy (non-hydrogen) atoms. The molecule has 0 aliphatic rings. The van der Waals surface area contributed by atoms with Crippen molar-refractivity contribution in [2.45, 2.75) is 6.92 Å². The van der Waals surface area contributed by atoms with E-state index < -0.39 is 0 Å². The van der Waals surface area contributed by atoms with Crippen LogP contribution in [0.2, 0.25) is 5.02 Å². The zero-order valence-electron chi connectivity index (χ0n) is 9.39. The van der Waals surface area contributed by atoms with Crippen molar-refractivity contribution in [2.24, 2.45) is 5.10 Å². The van der Waals surface area contributed by atoms with E-state index in [2.05, 4.69) is 15.5 Å². The Morgan fingerprint density at radius 3 is 2.41 bits per heavy atom. The number of nitrogens with zero attached hydrogens (tertiary/aromatic N) is 2. The Labute approximate surface area is 105 Å². The summed E-state index contributed by atoms with van der Waals surface area (Å²) in [7, 11) is 0. The lowest BCUT2D eigenvalue weighted by Crippen LogP contribution is -1.99. The summed E-state index contributed by atoms with van der Waals surface area (Å²) in [6.07, 6.45) is 3.49. The molecule has 1 N–H and O–H groups in total. The number of hydrogen-bond acceptors (Lipinski definition) is 3. The van der Waals surface area contributed by atoms with Gasteiger partial charge in [0.1, 0.15) is 0 Å². The average Bonchev–Trinajstić information content (AvgIpc) is 2.39. The molecule has 2 aromatic rings. The fourth-order valence-corrected chi connectivity index (χ4v) is 1.46. The van der Waals surface area contributed by atoms with Gasteiger partial charge >= 0.3 is 0 Å². The van der Waals surface area contributed by atoms with Crippen molar-refractivity contribution in [1.82, 2.24) is 4.98 Å². The Hall–Kier alpha value is -1.87. The molecule has 0 aliphatic heterocycles. The van der Waals surface area contributed by atoms with Gasteiger partial charge in [0, 0.05) is 23.0 Å². The summed E-state index contributed by atoms with van der Waals surface area (Å²) >= 11 is 5.80. The number of rotatable bonds is 3. The van der Waals surface area contributed by atoms with Crippen molar-refractivity contribution in [3.8, 4) is 0 Å². The largest absolute Gasteiger partial charge is 0.278 e. The minimum atomic E-state index is 0.713. The number of aromatic nitrogens is 1. The maximum atomic E-state index is 5.80. The highest BCUT2D eigenvalue weighted by Gasteiger charge is 1.96. The van der Waals surface area contributed by atoms with E-state index in [9.17, 15) is 0 Å². The highest BCUT2D eigenvalue weighted by Crippen LogP contribution is 2.13. The molecule has 0 radical (unpaired) electrons. The van der Waals surface area contributed by atoms with Gasteiger partial charge in [0.05, 0.1) is 11.4 Å². The number of nitrogens with one attached hydrogen (secondary N) is 1. The van der Waals surface area contributed by atoms with Crippen LogP contribution in [-0.2, 0) is 0 Å². The molecule has 86 valence electrons. The van der Waals surface area contributed by atoms with Crippen LogP contribution >= 0.6 is 11.6 Å². The average molecular weight is 246 g/mol. The third-order valence-corrected chi connectivity index (χ3v) is 2.55. The van der Waals surface area contributed by atoms with Crippen LogP contribution in [0.5, 0.6) is 0 Å². The fourth-order valence-electron chi connectivity index (χ4n) is 1.33. The molecule has 0 spiro atoms. The van der Waals surface area contributed by atoms with Crippen LogP contribution < -0.4 is 5.43 Å². The second-order valence-corrected chi connectivity index (χ2v) is 3.99. The number of benzene rings is 1. The molecular weight excluding hydrogens is 234 g/mol. The molecule has 0 fully saturated rings. The third-order valence-electron chi connectivity index (χ3n) is 2.30. The van der Waals surface area contributed by atoms with Crippen LogP contribution in [0.4, 0.5) is 5.69 Å². The van der Waals surface area contributed by atoms with Gasteiger partial charge in [-0.05, 0) is 43.3 Å². The van der Waals surface area contributed by atoms with Crippen molar-refractivity contribution < 1.29 is 0 Å². The first-order valence-electron chi connectivity index (χ1n) is 5.22. The topological polar surface area (TPSA) is 37.3 Å². The molecule has 4 heteroatoms. The van der Waals surface area contributed by atoms with Crippen LogP contribution in [0.1, 0.15) is 12.5 Å². The van der Waals surface area contributed by atoms with Gasteiger partial charge in [0.2, 0.25) is 0 Å². The lowest BCUT2D eigenvalue weighted by atomic mass is 10.2. The summed E-state index contributed by atoms with van der Waals surface area (Å²) in [5.41, 5.74) is 5.83. The molecule has 3 nitrogen and oxygen atoms in total. The van der Waals surface area contributed by atoms with Crippen LogP contribution in [0.3, 0.4) is 0 Å². The normalized spacial score (nSPS) is 11.3. The van der Waals surface area contributed by atoms with Crippen molar-refractivity contribution >= 4 is 23.0 Å². The van der Waals surface area contributed by atoms with Gasteiger partial charge in [-0.3, -0.25) is 10.4 Å². The molecule has 0 amide bonds. The van der Waals surface area contributed by atoms with Crippen molar-refractivity contribution in [1.29, 1.82) is 0 Å². The van der Waals surface area contributed by atoms with Crippen LogP contribution in [0, 0.1) is 0 Å². The summed E-state index contributed by atoms with van der Waals surface area (Å²) in [5, 5.41) is 5.00. The van der Waals surface area contributed by atoms with E-state index >= 15 is 0 Å². The molecule has 0 aliphatic carbocycles. The highest BCUT2D eigenvalue weighted by molar-refractivity contribution is 6.30. The van der Waals surface area contributed by atoms with Gasteiger partial charge in [-0.25, -0.2) is 0 Å². The second kappa shape index (κ2) is 5.46. The predicted octanol–water partition coefficient (Wildman–Crippen LogP) is 3.57. The molecule has 2 rings (SSSR count). The first-order chi connectivity index (χ1) is 8.25. The van der Waals surface area contributed by atoms with E-state index in [4.69, 9.17) is 11.6 Å². The summed E-state index contributed by atoms with van der Waals surface area (Å²) in [4.78, 5) is 3.97. The van der Waals surface area contributed by atoms with Gasteiger partial charge in [-0.1, -0.05) is 11.6 Å². The summed E-state index contributed by atoms with van der Waals surface area (Å²) in [6.45, 7) is 1.94. The van der Waals surface area contributed by atoms with Crippen molar-refractivity contribution in [3.05, 3.63) is 59.4 Å². The fraction of sp³-hybridized carbons (Fsp3) is 0.0769. The monoisotopic (exact) mass is 245 g/mol. The number of pyridine rings is 1. The standard InChI is InChI=1S/C13H12ClN3/c1-10(11-6-8-15-9-7-11)16-17-13-4-2-12(14)3-5-13/h2-9,17H,1H3/b16-10-. The Balaban J connectivity index is 2.08. The second-order valence-electron chi connectivity index (χ2n) is 3.55. The van der Waals surface area contributed by atoms with Crippen molar-refractivity contribution in [2.75, 3.05) is 5.43 Å². The maximum absolute atomic E-state index is 5.80. The molecule has 0 saturated carbocycles. The van der Waals surface area contributed by atoms with E-state index in [1.54, 1.807) is 12.4 Å². The minimum Gasteiger partial charge on any atom is -0.278 e. The van der Waals surface area contributed by atoms with E-state index in [1.165, 1.54) is 0 Å². The molecule has 1 heterocycles. The summed E-state index contributed by atoms with van der Waals surface area (Å²) in [6, 6.07) is 11.2. The number of hydrogen-bond donors (Lipinski definition) is 1. The molecular formula is C13H12ClN3. The zero-order valence-corrected chi connectivity index (χ0v) is 10.1. The molecule has 0 bridgehead atoms. The Morgan fingerprint density at radius 2 is 1.76 bits per heavy atom. The minimum absolute atomic E-state index is 0.713. The van der Waals surface area contributed by atoms with Crippen LogP contribution in [0.25, 0.3) is 0 Å². The SMILES string of the molecule is C/C(=N/Nc1ccc(Cl)cc1)c1ccncc1. The Kier molecular flexibility index (Phi) is 3.73. The number of hydrazone groups is 1. The van der Waals surface area contributed by atoms with Gasteiger partial charge in [0.15, 0.2) is 0 Å². The quantitative estimate of drug-likeness (QED) is 0.663. The molecule has 1 aromatic heterocycles. The van der Waals surface area contributed by atoms with Gasteiger partial charge in [-0.2, -0.15) is 5.10 Å². The van der Waals surface area contributed by atoms with Crippen LogP contribution in [-0.4, -0.2) is 10.7 Å². The number of halogens is 1.